The van der Waals surface area contributed by atoms with E-state index >= 15 is 0 Å². The lowest BCUT2D eigenvalue weighted by molar-refractivity contribution is 0.0944. The van der Waals surface area contributed by atoms with Crippen molar-refractivity contribution in [3.05, 3.63) is 29.8 Å². The number of aryl methyl sites for hydroxylation is 1. The molecule has 2 atom stereocenters. The molecule has 1 aliphatic heterocycles. The highest BCUT2D eigenvalue weighted by Crippen LogP contribution is 2.17. The highest BCUT2D eigenvalue weighted by atomic mass is 16.5. The molecule has 2 rings (SSSR count). The monoisotopic (exact) mass is 279 g/mol. The Kier molecular flexibility index (Phi) is 5.40. The number of hydrogen-bond acceptors (Lipinski definition) is 4. The minimum atomic E-state index is -0.515. The lowest BCUT2D eigenvalue weighted by Gasteiger charge is -2.25. The topological polar surface area (TPSA) is 50.7 Å². The van der Waals surface area contributed by atoms with E-state index in [2.05, 4.69) is 31.3 Å². The van der Waals surface area contributed by atoms with E-state index in [1.165, 1.54) is 5.56 Å². The lowest BCUT2D eigenvalue weighted by Crippen LogP contribution is -2.47. The summed E-state index contributed by atoms with van der Waals surface area (Å²) in [5.74, 6) is 0.802. The summed E-state index contributed by atoms with van der Waals surface area (Å²) in [5, 5.41) is 13.3. The zero-order valence-electron chi connectivity index (χ0n) is 12.4. The number of ether oxygens (including phenoxy) is 2. The highest BCUT2D eigenvalue weighted by molar-refractivity contribution is 5.27. The average molecular weight is 279 g/mol. The molecule has 1 saturated heterocycles. The van der Waals surface area contributed by atoms with Crippen LogP contribution in [0.5, 0.6) is 5.75 Å². The standard InChI is InChI=1S/C16H25NO3/c1-3-13-4-6-15(7-5-13)20-11-14(18)10-17-16(2)8-9-19-12-16/h4-7,14,17-18H,3,8-12H2,1-2H3. The molecule has 1 aromatic carbocycles. The van der Waals surface area contributed by atoms with E-state index in [-0.39, 0.29) is 5.54 Å². The first-order chi connectivity index (χ1) is 9.61. The van der Waals surface area contributed by atoms with Gasteiger partial charge in [0.2, 0.25) is 0 Å². The molecule has 4 heteroatoms. The average Bonchev–Trinajstić information content (AvgIpc) is 2.91. The summed E-state index contributed by atoms with van der Waals surface area (Å²) < 4.78 is 11.0. The fourth-order valence-electron chi connectivity index (χ4n) is 2.24. The second-order valence-electron chi connectivity index (χ2n) is 5.71. The quantitative estimate of drug-likeness (QED) is 0.798. The third kappa shape index (κ3) is 4.47. The van der Waals surface area contributed by atoms with Crippen LogP contribution in [0, 0.1) is 0 Å². The first kappa shape index (κ1) is 15.3. The summed E-state index contributed by atoms with van der Waals surface area (Å²) in [5.41, 5.74) is 1.28. The Morgan fingerprint density at radius 2 is 2.15 bits per heavy atom. The SMILES string of the molecule is CCc1ccc(OCC(O)CNC2(C)CCOC2)cc1. The fraction of sp³-hybridized carbons (Fsp3) is 0.625. The van der Waals surface area contributed by atoms with Gasteiger partial charge in [-0.2, -0.15) is 0 Å². The van der Waals surface area contributed by atoms with Gasteiger partial charge in [-0.3, -0.25) is 0 Å². The number of aliphatic hydroxyl groups excluding tert-OH is 1. The van der Waals surface area contributed by atoms with Crippen LogP contribution in [0.25, 0.3) is 0 Å². The Morgan fingerprint density at radius 3 is 2.75 bits per heavy atom. The maximum atomic E-state index is 9.96. The first-order valence-corrected chi connectivity index (χ1v) is 7.34. The molecule has 0 aliphatic carbocycles. The molecule has 20 heavy (non-hydrogen) atoms. The zero-order valence-corrected chi connectivity index (χ0v) is 12.4. The van der Waals surface area contributed by atoms with Crippen LogP contribution in [0.2, 0.25) is 0 Å². The Labute approximate surface area is 121 Å². The van der Waals surface area contributed by atoms with Crippen LogP contribution in [0.4, 0.5) is 0 Å². The molecule has 1 fully saturated rings. The number of rotatable bonds is 7. The van der Waals surface area contributed by atoms with Crippen molar-refractivity contribution >= 4 is 0 Å². The third-order valence-corrected chi connectivity index (χ3v) is 3.76. The summed E-state index contributed by atoms with van der Waals surface area (Å²) >= 11 is 0. The van der Waals surface area contributed by atoms with Crippen LogP contribution in [0.15, 0.2) is 24.3 Å². The normalized spacial score (nSPS) is 23.8. The summed E-state index contributed by atoms with van der Waals surface area (Å²) in [6, 6.07) is 8.00. The van der Waals surface area contributed by atoms with Gasteiger partial charge in [-0.15, -0.1) is 0 Å². The molecule has 0 spiro atoms. The molecule has 0 bridgehead atoms. The molecule has 1 aromatic rings. The van der Waals surface area contributed by atoms with Crippen LogP contribution >= 0.6 is 0 Å². The van der Waals surface area contributed by atoms with Crippen molar-refractivity contribution in [3.63, 3.8) is 0 Å². The molecule has 0 radical (unpaired) electrons. The van der Waals surface area contributed by atoms with Crippen LogP contribution in [0.3, 0.4) is 0 Å². The summed E-state index contributed by atoms with van der Waals surface area (Å²) in [4.78, 5) is 0. The summed E-state index contributed by atoms with van der Waals surface area (Å²) in [7, 11) is 0. The second-order valence-corrected chi connectivity index (χ2v) is 5.71. The minimum absolute atomic E-state index is 0.0102. The van der Waals surface area contributed by atoms with Crippen LogP contribution in [-0.4, -0.2) is 43.1 Å². The maximum absolute atomic E-state index is 9.96. The lowest BCUT2D eigenvalue weighted by atomic mass is 10.0. The smallest absolute Gasteiger partial charge is 0.119 e. The zero-order chi connectivity index (χ0) is 14.4. The maximum Gasteiger partial charge on any atom is 0.119 e. The predicted molar refractivity (Wildman–Crippen MR) is 79.2 cm³/mol. The Morgan fingerprint density at radius 1 is 1.40 bits per heavy atom. The molecule has 4 nitrogen and oxygen atoms in total. The number of aliphatic hydroxyl groups is 1. The van der Waals surface area contributed by atoms with E-state index in [0.29, 0.717) is 19.8 Å². The number of benzene rings is 1. The van der Waals surface area contributed by atoms with E-state index < -0.39 is 6.10 Å². The molecular weight excluding hydrogens is 254 g/mol. The van der Waals surface area contributed by atoms with Crippen molar-refractivity contribution in [2.24, 2.45) is 0 Å². The van der Waals surface area contributed by atoms with E-state index in [9.17, 15) is 5.11 Å². The molecule has 0 amide bonds. The van der Waals surface area contributed by atoms with E-state index in [1.807, 2.05) is 12.1 Å². The van der Waals surface area contributed by atoms with Crippen LogP contribution in [-0.2, 0) is 11.2 Å². The predicted octanol–water partition coefficient (Wildman–Crippen LogP) is 1.76. The summed E-state index contributed by atoms with van der Waals surface area (Å²) in [6.45, 7) is 6.57. The van der Waals surface area contributed by atoms with Crippen LogP contribution < -0.4 is 10.1 Å². The van der Waals surface area contributed by atoms with Crippen molar-refractivity contribution in [3.8, 4) is 5.75 Å². The van der Waals surface area contributed by atoms with E-state index in [0.717, 1.165) is 25.2 Å². The number of hydrogen-bond donors (Lipinski definition) is 2. The van der Waals surface area contributed by atoms with Gasteiger partial charge in [0.15, 0.2) is 0 Å². The highest BCUT2D eigenvalue weighted by Gasteiger charge is 2.29. The van der Waals surface area contributed by atoms with Crippen molar-refractivity contribution in [1.82, 2.24) is 5.32 Å². The second kappa shape index (κ2) is 7.07. The first-order valence-electron chi connectivity index (χ1n) is 7.34. The molecule has 2 unspecified atom stereocenters. The van der Waals surface area contributed by atoms with Gasteiger partial charge in [-0.05, 0) is 37.5 Å². The molecule has 1 aliphatic rings. The van der Waals surface area contributed by atoms with Crippen molar-refractivity contribution < 1.29 is 14.6 Å². The Balaban J connectivity index is 1.70. The van der Waals surface area contributed by atoms with Crippen LogP contribution in [0.1, 0.15) is 25.8 Å². The molecule has 2 N–H and O–H groups in total. The van der Waals surface area contributed by atoms with Gasteiger partial charge in [0.1, 0.15) is 18.5 Å². The molecule has 0 aromatic heterocycles. The van der Waals surface area contributed by atoms with Crippen molar-refractivity contribution in [2.75, 3.05) is 26.4 Å². The summed E-state index contributed by atoms with van der Waals surface area (Å²) in [6.07, 6.45) is 1.49. The fourth-order valence-corrected chi connectivity index (χ4v) is 2.24. The Hall–Kier alpha value is -1.10. The molecule has 1 heterocycles. The minimum Gasteiger partial charge on any atom is -0.491 e. The van der Waals surface area contributed by atoms with E-state index in [1.54, 1.807) is 0 Å². The third-order valence-electron chi connectivity index (χ3n) is 3.76. The largest absolute Gasteiger partial charge is 0.491 e. The van der Waals surface area contributed by atoms with Gasteiger partial charge >= 0.3 is 0 Å². The van der Waals surface area contributed by atoms with Gasteiger partial charge in [0, 0.05) is 18.7 Å². The molecule has 112 valence electrons. The number of β-amino-alcohol motifs (C(OH)–C–C–N with tert-alkyl or cyclic N) is 1. The number of nitrogens with one attached hydrogen (secondary N) is 1. The van der Waals surface area contributed by atoms with Gasteiger partial charge in [0.25, 0.3) is 0 Å². The van der Waals surface area contributed by atoms with Gasteiger partial charge < -0.3 is 19.9 Å². The van der Waals surface area contributed by atoms with Gasteiger partial charge in [-0.25, -0.2) is 0 Å². The Bertz CT molecular complexity index is 399. The van der Waals surface area contributed by atoms with Crippen molar-refractivity contribution in [1.29, 1.82) is 0 Å². The molecule has 0 saturated carbocycles. The molecular formula is C16H25NO3. The van der Waals surface area contributed by atoms with Crippen molar-refractivity contribution in [2.45, 2.75) is 38.3 Å². The van der Waals surface area contributed by atoms with Gasteiger partial charge in [0.05, 0.1) is 6.61 Å². The van der Waals surface area contributed by atoms with E-state index in [4.69, 9.17) is 9.47 Å². The van der Waals surface area contributed by atoms with Gasteiger partial charge in [-0.1, -0.05) is 19.1 Å².